The quantitative estimate of drug-likeness (QED) is 0.591. The van der Waals surface area contributed by atoms with Crippen LogP contribution in [0.1, 0.15) is 29.5 Å². The Kier molecular flexibility index (Phi) is 6.91. The van der Waals surface area contributed by atoms with Crippen LogP contribution in [0.5, 0.6) is 0 Å². The Morgan fingerprint density at radius 1 is 1.17 bits per heavy atom. The van der Waals surface area contributed by atoms with Crippen LogP contribution in [-0.4, -0.2) is 47.4 Å². The molecule has 2 saturated heterocycles. The van der Waals surface area contributed by atoms with Crippen LogP contribution in [0, 0.1) is 24.5 Å². The first kappa shape index (κ1) is 24.0. The Morgan fingerprint density at radius 3 is 2.71 bits per heavy atom. The van der Waals surface area contributed by atoms with E-state index in [9.17, 15) is 18.4 Å². The van der Waals surface area contributed by atoms with Gasteiger partial charge in [-0.3, -0.25) is 19.8 Å². The second-order valence-corrected chi connectivity index (χ2v) is 10.3. The van der Waals surface area contributed by atoms with Crippen LogP contribution in [0.2, 0.25) is 0 Å². The summed E-state index contributed by atoms with van der Waals surface area (Å²) in [4.78, 5) is 27.7. The average molecular weight is 499 g/mol. The molecule has 3 heterocycles. The van der Waals surface area contributed by atoms with Crippen LogP contribution in [0.25, 0.3) is 5.57 Å². The molecule has 0 aliphatic carbocycles. The third kappa shape index (κ3) is 5.12. The fraction of sp³-hybridized carbons (Fsp3) is 0.385. The average Bonchev–Trinajstić information content (AvgIpc) is 3.28. The Bertz CT molecular complexity index is 1170. The van der Waals surface area contributed by atoms with Gasteiger partial charge in [0.25, 0.3) is 0 Å². The summed E-state index contributed by atoms with van der Waals surface area (Å²) < 4.78 is 26.9. The lowest BCUT2D eigenvalue weighted by Gasteiger charge is -2.43. The van der Waals surface area contributed by atoms with Crippen molar-refractivity contribution in [2.24, 2.45) is 5.92 Å². The molecule has 3 aliphatic heterocycles. The predicted octanol–water partition coefficient (Wildman–Crippen LogP) is 3.13. The van der Waals surface area contributed by atoms with Crippen LogP contribution in [0.15, 0.2) is 47.9 Å². The molecule has 3 N–H and O–H groups in total. The van der Waals surface area contributed by atoms with Crippen LogP contribution in [-0.2, 0) is 16.1 Å². The molecule has 5 rings (SSSR count). The highest BCUT2D eigenvalue weighted by molar-refractivity contribution is 8.04. The molecule has 2 aromatic rings. The lowest BCUT2D eigenvalue weighted by molar-refractivity contribution is -0.129. The van der Waals surface area contributed by atoms with Crippen LogP contribution >= 0.6 is 11.8 Å². The normalized spacial score (nSPS) is 25.1. The summed E-state index contributed by atoms with van der Waals surface area (Å²) in [6.07, 6.45) is 0.970. The van der Waals surface area contributed by atoms with Crippen molar-refractivity contribution >= 4 is 29.1 Å². The van der Waals surface area contributed by atoms with E-state index in [4.69, 9.17) is 0 Å². The zero-order chi connectivity index (χ0) is 24.5. The number of thioether (sulfide) groups is 1. The van der Waals surface area contributed by atoms with Gasteiger partial charge >= 0.3 is 0 Å². The van der Waals surface area contributed by atoms with Crippen molar-refractivity contribution in [3.05, 3.63) is 76.2 Å². The van der Waals surface area contributed by atoms with Crippen molar-refractivity contribution in [2.45, 2.75) is 43.9 Å². The van der Waals surface area contributed by atoms with Crippen molar-refractivity contribution in [1.29, 1.82) is 0 Å². The number of likely N-dealkylation sites (tertiary alicyclic amines) is 1. The summed E-state index contributed by atoms with van der Waals surface area (Å²) in [5.41, 5.74) is 3.69. The molecule has 3 unspecified atom stereocenters. The number of nitrogens with zero attached hydrogens (tertiary/aromatic N) is 1. The van der Waals surface area contributed by atoms with E-state index in [0.717, 1.165) is 17.2 Å². The summed E-state index contributed by atoms with van der Waals surface area (Å²) in [5, 5.41) is 11.4. The molecule has 3 atom stereocenters. The van der Waals surface area contributed by atoms with Gasteiger partial charge in [0.1, 0.15) is 23.2 Å². The number of benzene rings is 2. The second-order valence-electron chi connectivity index (χ2n) is 9.32. The Labute approximate surface area is 207 Å². The molecule has 0 radical (unpaired) electrons. The molecule has 0 spiro atoms. The van der Waals surface area contributed by atoms with Gasteiger partial charge in [-0.2, -0.15) is 0 Å². The maximum atomic E-state index is 13.8. The number of hydrogen-bond acceptors (Lipinski definition) is 5. The van der Waals surface area contributed by atoms with E-state index in [-0.39, 0.29) is 47.4 Å². The maximum absolute atomic E-state index is 13.8. The van der Waals surface area contributed by atoms with E-state index in [2.05, 4.69) is 51.4 Å². The maximum Gasteiger partial charge on any atom is 0.237 e. The van der Waals surface area contributed by atoms with E-state index in [1.165, 1.54) is 17.7 Å². The van der Waals surface area contributed by atoms with Crippen LogP contribution < -0.4 is 16.0 Å². The molecular weight excluding hydrogens is 470 g/mol. The van der Waals surface area contributed by atoms with Gasteiger partial charge in [0.2, 0.25) is 11.8 Å². The molecular formula is C26H28F2N4O2S. The van der Waals surface area contributed by atoms with Gasteiger partial charge in [-0.15, -0.1) is 11.8 Å². The molecule has 0 aromatic heterocycles. The zero-order valence-electron chi connectivity index (χ0n) is 19.4. The second kappa shape index (κ2) is 10.1. The fourth-order valence-electron chi connectivity index (χ4n) is 4.96. The molecule has 0 saturated carbocycles. The number of piperidine rings is 1. The topological polar surface area (TPSA) is 73.5 Å². The fourth-order valence-corrected chi connectivity index (χ4v) is 6.11. The number of fused-ring (bicyclic) bond motifs is 1. The molecule has 3 aliphatic rings. The van der Waals surface area contributed by atoms with Crippen molar-refractivity contribution in [2.75, 3.05) is 13.1 Å². The Morgan fingerprint density at radius 2 is 1.97 bits per heavy atom. The standard InChI is InChI=1S/C26H28F2N4O2S/c1-15-3-2-4-17(11-15)20-14-35-23-22(20)30-26(31-25(23)34)32-9-7-16(8-10-32)24(33)29-13-18-5-6-19(27)12-21(18)28/h2-6,11-12,14,16,22-23,26,30H,7-10,13H2,1H3,(H,29,33)(H,31,34). The summed E-state index contributed by atoms with van der Waals surface area (Å²) in [5.74, 6) is -1.61. The molecule has 2 fully saturated rings. The number of amides is 2. The summed E-state index contributed by atoms with van der Waals surface area (Å²) in [6, 6.07) is 11.6. The van der Waals surface area contributed by atoms with Crippen LogP contribution in [0.3, 0.4) is 0 Å². The third-order valence-electron chi connectivity index (χ3n) is 6.94. The highest BCUT2D eigenvalue weighted by Gasteiger charge is 2.44. The van der Waals surface area contributed by atoms with Gasteiger partial charge in [-0.25, -0.2) is 8.78 Å². The number of carbonyl (C=O) groups is 2. The van der Waals surface area contributed by atoms with Gasteiger partial charge in [0.15, 0.2) is 0 Å². The minimum atomic E-state index is -0.665. The first-order valence-corrected chi connectivity index (χ1v) is 12.8. The molecule has 184 valence electrons. The van der Waals surface area contributed by atoms with E-state index >= 15 is 0 Å². The van der Waals surface area contributed by atoms with E-state index < -0.39 is 11.6 Å². The van der Waals surface area contributed by atoms with Gasteiger partial charge in [0.05, 0.1) is 6.04 Å². The Balaban J connectivity index is 1.17. The molecule has 0 bridgehead atoms. The molecule has 6 nitrogen and oxygen atoms in total. The van der Waals surface area contributed by atoms with Crippen molar-refractivity contribution in [3.63, 3.8) is 0 Å². The van der Waals surface area contributed by atoms with E-state index in [0.29, 0.717) is 25.9 Å². The van der Waals surface area contributed by atoms with Gasteiger partial charge in [0, 0.05) is 37.2 Å². The molecule has 9 heteroatoms. The van der Waals surface area contributed by atoms with Crippen molar-refractivity contribution in [1.82, 2.24) is 20.9 Å². The number of nitrogens with one attached hydrogen (secondary N) is 3. The van der Waals surface area contributed by atoms with Crippen molar-refractivity contribution < 1.29 is 18.4 Å². The van der Waals surface area contributed by atoms with Gasteiger partial charge in [-0.1, -0.05) is 35.9 Å². The lowest BCUT2D eigenvalue weighted by atomic mass is 9.94. The third-order valence-corrected chi connectivity index (χ3v) is 8.11. The lowest BCUT2D eigenvalue weighted by Crippen LogP contribution is -2.68. The number of aryl methyl sites for hydroxylation is 1. The summed E-state index contributed by atoms with van der Waals surface area (Å²) in [6.45, 7) is 3.38. The first-order chi connectivity index (χ1) is 16.9. The van der Waals surface area contributed by atoms with E-state index in [1.807, 2.05) is 6.07 Å². The summed E-state index contributed by atoms with van der Waals surface area (Å²) in [7, 11) is 0. The Hall–Kier alpha value is -2.75. The number of carbonyl (C=O) groups excluding carboxylic acids is 2. The van der Waals surface area contributed by atoms with E-state index in [1.54, 1.807) is 11.8 Å². The minimum Gasteiger partial charge on any atom is -0.352 e. The van der Waals surface area contributed by atoms with Gasteiger partial charge < -0.3 is 10.6 Å². The van der Waals surface area contributed by atoms with Crippen molar-refractivity contribution in [3.8, 4) is 0 Å². The number of rotatable bonds is 5. The van der Waals surface area contributed by atoms with Crippen LogP contribution in [0.4, 0.5) is 8.78 Å². The molecule has 35 heavy (non-hydrogen) atoms. The number of hydrogen-bond donors (Lipinski definition) is 3. The summed E-state index contributed by atoms with van der Waals surface area (Å²) >= 11 is 1.55. The smallest absolute Gasteiger partial charge is 0.237 e. The first-order valence-electron chi connectivity index (χ1n) is 11.8. The SMILES string of the molecule is Cc1cccc(C2=CSC3C(=O)NC(N4CCC(C(=O)NCc5ccc(F)cc5F)CC4)NC23)c1. The highest BCUT2D eigenvalue weighted by Crippen LogP contribution is 2.39. The molecule has 2 amide bonds. The monoisotopic (exact) mass is 498 g/mol. The number of halogens is 2. The molecule has 2 aromatic carbocycles. The minimum absolute atomic E-state index is 0.0174. The highest BCUT2D eigenvalue weighted by atomic mass is 32.2. The largest absolute Gasteiger partial charge is 0.352 e. The predicted molar refractivity (Wildman–Crippen MR) is 132 cm³/mol. The van der Waals surface area contributed by atoms with Gasteiger partial charge in [-0.05, 0) is 42.4 Å². The zero-order valence-corrected chi connectivity index (χ0v) is 20.2.